The van der Waals surface area contributed by atoms with Crippen LogP contribution in [-0.4, -0.2) is 10.5 Å². The minimum atomic E-state index is -4.32. The van der Waals surface area contributed by atoms with Crippen molar-refractivity contribution < 1.29 is 13.2 Å². The zero-order valence-electron chi connectivity index (χ0n) is 8.45. The highest BCUT2D eigenvalue weighted by molar-refractivity contribution is 8.04. The van der Waals surface area contributed by atoms with Crippen LogP contribution in [0.2, 0.25) is 0 Å². The maximum Gasteiger partial charge on any atom is 0.453 e. The minimum absolute atomic E-state index is 0.355. The van der Waals surface area contributed by atoms with Crippen molar-refractivity contribution in [1.29, 1.82) is 0 Å². The Labute approximate surface area is 100 Å². The predicted molar refractivity (Wildman–Crippen MR) is 62.3 cm³/mol. The lowest BCUT2D eigenvalue weighted by Crippen LogP contribution is -1.96. The molecule has 0 aliphatic heterocycles. The summed E-state index contributed by atoms with van der Waals surface area (Å²) in [5.41, 5.74) is -3.06. The van der Waals surface area contributed by atoms with Crippen LogP contribution in [0.15, 0.2) is 36.5 Å². The molecule has 0 unspecified atom stereocenters. The molecule has 0 saturated carbocycles. The van der Waals surface area contributed by atoms with Gasteiger partial charge in [-0.3, -0.25) is 4.98 Å². The van der Waals surface area contributed by atoms with Crippen LogP contribution in [0.1, 0.15) is 5.56 Å². The summed E-state index contributed by atoms with van der Waals surface area (Å²) in [4.78, 5) is 4.10. The normalized spacial score (nSPS) is 11.0. The summed E-state index contributed by atoms with van der Waals surface area (Å²) >= 11 is -0.355. The molecule has 0 N–H and O–H groups in total. The Bertz CT molecular complexity index is 596. The lowest BCUT2D eigenvalue weighted by atomic mass is 10.2. The van der Waals surface area contributed by atoms with Crippen molar-refractivity contribution in [3.8, 4) is 11.2 Å². The van der Waals surface area contributed by atoms with Gasteiger partial charge in [0.2, 0.25) is 0 Å². The van der Waals surface area contributed by atoms with Gasteiger partial charge < -0.3 is 0 Å². The molecular formula is C12H6F3NS. The molecule has 5 heteroatoms. The molecule has 0 saturated heterocycles. The van der Waals surface area contributed by atoms with E-state index in [1.54, 1.807) is 6.07 Å². The van der Waals surface area contributed by atoms with Gasteiger partial charge in [0.25, 0.3) is 0 Å². The van der Waals surface area contributed by atoms with Crippen LogP contribution in [0.5, 0.6) is 0 Å². The topological polar surface area (TPSA) is 12.9 Å². The number of rotatable bonds is 0. The van der Waals surface area contributed by atoms with Gasteiger partial charge in [0, 0.05) is 28.9 Å². The van der Waals surface area contributed by atoms with E-state index in [0.717, 1.165) is 10.9 Å². The van der Waals surface area contributed by atoms with E-state index in [0.29, 0.717) is 5.56 Å². The quantitative estimate of drug-likeness (QED) is 0.662. The fourth-order valence-electron chi connectivity index (χ4n) is 1.28. The van der Waals surface area contributed by atoms with E-state index in [1.807, 2.05) is 29.5 Å². The molecule has 0 bridgehead atoms. The molecule has 0 spiro atoms. The third-order valence-electron chi connectivity index (χ3n) is 1.95. The van der Waals surface area contributed by atoms with Gasteiger partial charge in [0.05, 0.1) is 5.52 Å². The maximum atomic E-state index is 11.9. The second kappa shape index (κ2) is 4.68. The Balaban J connectivity index is 2.25. The van der Waals surface area contributed by atoms with E-state index in [1.165, 1.54) is 6.20 Å². The minimum Gasteiger partial charge on any atom is -0.255 e. The molecule has 17 heavy (non-hydrogen) atoms. The highest BCUT2D eigenvalue weighted by Crippen LogP contribution is 2.29. The van der Waals surface area contributed by atoms with Gasteiger partial charge in [-0.1, -0.05) is 24.1 Å². The Morgan fingerprint density at radius 1 is 1.18 bits per heavy atom. The molecule has 0 amide bonds. The Morgan fingerprint density at radius 3 is 2.71 bits per heavy atom. The van der Waals surface area contributed by atoms with Crippen molar-refractivity contribution >= 4 is 22.7 Å². The van der Waals surface area contributed by atoms with Gasteiger partial charge in [-0.2, -0.15) is 13.2 Å². The van der Waals surface area contributed by atoms with Crippen molar-refractivity contribution in [2.45, 2.75) is 5.51 Å². The molecule has 0 radical (unpaired) electrons. The molecule has 0 aliphatic rings. The van der Waals surface area contributed by atoms with Gasteiger partial charge in [0.15, 0.2) is 0 Å². The van der Waals surface area contributed by atoms with Crippen molar-refractivity contribution in [2.24, 2.45) is 0 Å². The van der Waals surface area contributed by atoms with Crippen molar-refractivity contribution in [3.05, 3.63) is 42.1 Å². The zero-order chi connectivity index (χ0) is 12.3. The molecule has 86 valence electrons. The second-order valence-electron chi connectivity index (χ2n) is 3.19. The molecule has 0 aliphatic carbocycles. The third-order valence-corrected chi connectivity index (χ3v) is 2.39. The molecular weight excluding hydrogens is 247 g/mol. The average molecular weight is 253 g/mol. The number of para-hydroxylation sites is 1. The number of aromatic nitrogens is 1. The number of pyridine rings is 1. The second-order valence-corrected chi connectivity index (χ2v) is 4.06. The van der Waals surface area contributed by atoms with Crippen LogP contribution in [0, 0.1) is 11.2 Å². The smallest absolute Gasteiger partial charge is 0.255 e. The van der Waals surface area contributed by atoms with Gasteiger partial charge in [-0.05, 0) is 17.4 Å². The first-order valence-electron chi connectivity index (χ1n) is 4.65. The first kappa shape index (κ1) is 11.8. The van der Waals surface area contributed by atoms with Gasteiger partial charge in [-0.15, -0.1) is 0 Å². The molecule has 2 rings (SSSR count). The first-order chi connectivity index (χ1) is 8.04. The summed E-state index contributed by atoms with van der Waals surface area (Å²) in [6.07, 6.45) is 1.46. The molecule has 1 nitrogen and oxygen atoms in total. The number of halogens is 3. The van der Waals surface area contributed by atoms with E-state index < -0.39 is 5.51 Å². The average Bonchev–Trinajstić information content (AvgIpc) is 2.27. The van der Waals surface area contributed by atoms with E-state index in [2.05, 4.69) is 10.9 Å². The Kier molecular flexibility index (Phi) is 3.25. The van der Waals surface area contributed by atoms with E-state index in [9.17, 15) is 13.2 Å². The summed E-state index contributed by atoms with van der Waals surface area (Å²) < 4.78 is 35.6. The molecule has 1 aromatic carbocycles. The Hall–Kier alpha value is -1.67. The summed E-state index contributed by atoms with van der Waals surface area (Å²) in [6, 6.07) is 9.07. The van der Waals surface area contributed by atoms with Crippen LogP contribution in [0.3, 0.4) is 0 Å². The van der Waals surface area contributed by atoms with E-state index >= 15 is 0 Å². The molecule has 2 aromatic rings. The van der Waals surface area contributed by atoms with Gasteiger partial charge >= 0.3 is 5.51 Å². The van der Waals surface area contributed by atoms with Crippen LogP contribution >= 0.6 is 11.8 Å². The lowest BCUT2D eigenvalue weighted by molar-refractivity contribution is -0.0318. The Morgan fingerprint density at radius 2 is 1.94 bits per heavy atom. The number of benzene rings is 1. The largest absolute Gasteiger partial charge is 0.453 e. The summed E-state index contributed by atoms with van der Waals surface area (Å²) in [5, 5.41) is 2.87. The van der Waals surface area contributed by atoms with Gasteiger partial charge in [-0.25, -0.2) is 0 Å². The highest BCUT2D eigenvalue weighted by Gasteiger charge is 2.27. The highest BCUT2D eigenvalue weighted by atomic mass is 32.2. The zero-order valence-corrected chi connectivity index (χ0v) is 9.27. The molecule has 0 atom stereocenters. The van der Waals surface area contributed by atoms with Crippen LogP contribution in [0.4, 0.5) is 13.2 Å². The fraction of sp³-hybridized carbons (Fsp3) is 0.0833. The van der Waals surface area contributed by atoms with Crippen molar-refractivity contribution in [3.63, 3.8) is 0 Å². The number of alkyl halides is 3. The summed E-state index contributed by atoms with van der Waals surface area (Å²) in [5.74, 6) is 2.42. The number of hydrogen-bond donors (Lipinski definition) is 0. The van der Waals surface area contributed by atoms with Gasteiger partial charge in [0.1, 0.15) is 0 Å². The standard InChI is InChI=1S/C12H6F3NS/c13-12(14,15)17-6-5-9-7-10-3-1-2-4-11(10)16-8-9/h1-4,7-8H. The summed E-state index contributed by atoms with van der Waals surface area (Å²) in [6.45, 7) is 0. The van der Waals surface area contributed by atoms with Crippen LogP contribution in [0.25, 0.3) is 10.9 Å². The van der Waals surface area contributed by atoms with E-state index in [4.69, 9.17) is 0 Å². The van der Waals surface area contributed by atoms with Crippen LogP contribution in [-0.2, 0) is 0 Å². The SMILES string of the molecule is FC(F)(F)SC#Cc1cnc2ccccc2c1. The monoisotopic (exact) mass is 253 g/mol. The maximum absolute atomic E-state index is 11.9. The first-order valence-corrected chi connectivity index (χ1v) is 5.47. The van der Waals surface area contributed by atoms with Crippen molar-refractivity contribution in [2.75, 3.05) is 0 Å². The fourth-order valence-corrected chi connectivity index (χ4v) is 1.57. The van der Waals surface area contributed by atoms with Crippen LogP contribution < -0.4 is 0 Å². The lowest BCUT2D eigenvalue weighted by Gasteiger charge is -1.97. The number of hydrogen-bond acceptors (Lipinski definition) is 2. The molecule has 0 fully saturated rings. The third kappa shape index (κ3) is 3.40. The molecule has 1 heterocycles. The number of thioether (sulfide) groups is 1. The summed E-state index contributed by atoms with van der Waals surface area (Å²) in [7, 11) is 0. The predicted octanol–water partition coefficient (Wildman–Crippen LogP) is 3.80. The number of fused-ring (bicyclic) bond motifs is 1. The number of nitrogens with zero attached hydrogens (tertiary/aromatic N) is 1. The van der Waals surface area contributed by atoms with Crippen molar-refractivity contribution in [1.82, 2.24) is 4.98 Å². The van der Waals surface area contributed by atoms with E-state index in [-0.39, 0.29) is 11.8 Å². The molecule has 1 aromatic heterocycles.